The Kier molecular flexibility index (Phi) is 6.34. The highest BCUT2D eigenvalue weighted by molar-refractivity contribution is 6.33. The molecule has 34 heavy (non-hydrogen) atoms. The van der Waals surface area contributed by atoms with Gasteiger partial charge in [0.05, 0.1) is 29.8 Å². The number of fused-ring (bicyclic) bond motifs is 1. The molecule has 0 radical (unpaired) electrons. The van der Waals surface area contributed by atoms with E-state index in [4.69, 9.17) is 11.6 Å². The summed E-state index contributed by atoms with van der Waals surface area (Å²) in [4.78, 5) is 41.2. The molecule has 0 fully saturated rings. The van der Waals surface area contributed by atoms with E-state index in [-0.39, 0.29) is 41.2 Å². The topological polar surface area (TPSA) is 87.5 Å². The second-order valence-corrected chi connectivity index (χ2v) is 8.27. The van der Waals surface area contributed by atoms with Crippen LogP contribution in [-0.4, -0.2) is 41.2 Å². The first-order valence-corrected chi connectivity index (χ1v) is 10.7. The van der Waals surface area contributed by atoms with Crippen molar-refractivity contribution in [3.05, 3.63) is 75.7 Å². The predicted molar refractivity (Wildman–Crippen MR) is 125 cm³/mol. The Hall–Kier alpha value is -3.79. The molecule has 0 aliphatic carbocycles. The highest BCUT2D eigenvalue weighted by atomic mass is 35.5. The fourth-order valence-corrected chi connectivity index (χ4v) is 4.12. The summed E-state index contributed by atoms with van der Waals surface area (Å²) in [6.45, 7) is 1.59. The number of anilines is 3. The number of hydrogen-bond acceptors (Lipinski definition) is 5. The molecular formula is C23H20ClF2N5O3. The van der Waals surface area contributed by atoms with Crippen molar-refractivity contribution < 1.29 is 18.4 Å². The number of amides is 2. The standard InChI is InChI=1S/C23H20ClF2N5O3/c1-13-9-20(32)28-16-5-3-4-6-18(16)30(13)21(33)12-29(2)19-11-27-31(23(34)22(19)24)17-8-7-14(25)10-15(17)26/h3-8,10-11,13H,9,12H2,1-2H3,(H,28,32). The van der Waals surface area contributed by atoms with Crippen molar-refractivity contribution in [3.8, 4) is 5.69 Å². The molecule has 2 amide bonds. The SMILES string of the molecule is CC1CC(=O)Nc2ccccc2N1C(=O)CN(C)c1cnn(-c2ccc(F)cc2F)c(=O)c1Cl. The molecular weight excluding hydrogens is 468 g/mol. The van der Waals surface area contributed by atoms with Crippen molar-refractivity contribution in [2.24, 2.45) is 0 Å². The van der Waals surface area contributed by atoms with Crippen LogP contribution in [0.25, 0.3) is 5.69 Å². The average molecular weight is 488 g/mol. The van der Waals surface area contributed by atoms with Gasteiger partial charge in [-0.1, -0.05) is 23.7 Å². The lowest BCUT2D eigenvalue weighted by Crippen LogP contribution is -2.44. The number of halogens is 3. The minimum atomic E-state index is -0.973. The van der Waals surface area contributed by atoms with Crippen LogP contribution in [0.5, 0.6) is 0 Å². The molecule has 0 bridgehead atoms. The van der Waals surface area contributed by atoms with Gasteiger partial charge in [-0.2, -0.15) is 9.78 Å². The molecule has 2 heterocycles. The highest BCUT2D eigenvalue weighted by Gasteiger charge is 2.30. The van der Waals surface area contributed by atoms with Crippen LogP contribution in [0.3, 0.4) is 0 Å². The van der Waals surface area contributed by atoms with Crippen LogP contribution in [0.4, 0.5) is 25.8 Å². The van der Waals surface area contributed by atoms with Crippen molar-refractivity contribution in [2.45, 2.75) is 19.4 Å². The van der Waals surface area contributed by atoms with E-state index >= 15 is 0 Å². The Morgan fingerprint density at radius 3 is 2.68 bits per heavy atom. The van der Waals surface area contributed by atoms with Crippen LogP contribution in [0, 0.1) is 11.6 Å². The molecule has 0 spiro atoms. The third-order valence-electron chi connectivity index (χ3n) is 5.45. The lowest BCUT2D eigenvalue weighted by Gasteiger charge is -2.30. The summed E-state index contributed by atoms with van der Waals surface area (Å²) in [6.07, 6.45) is 1.34. The number of carbonyl (C=O) groups is 2. The summed E-state index contributed by atoms with van der Waals surface area (Å²) in [5, 5.41) is 6.46. The third-order valence-corrected chi connectivity index (χ3v) is 5.81. The van der Waals surface area contributed by atoms with E-state index in [0.29, 0.717) is 17.4 Å². The van der Waals surface area contributed by atoms with Gasteiger partial charge in [-0.05, 0) is 31.2 Å². The van der Waals surface area contributed by atoms with Crippen LogP contribution in [0.1, 0.15) is 13.3 Å². The highest BCUT2D eigenvalue weighted by Crippen LogP contribution is 2.32. The van der Waals surface area contributed by atoms with E-state index in [1.54, 1.807) is 38.2 Å². The van der Waals surface area contributed by atoms with Gasteiger partial charge in [-0.25, -0.2) is 8.78 Å². The zero-order valence-electron chi connectivity index (χ0n) is 18.3. The third kappa shape index (κ3) is 4.36. The number of aromatic nitrogens is 2. The van der Waals surface area contributed by atoms with Crippen molar-refractivity contribution in [1.29, 1.82) is 0 Å². The minimum absolute atomic E-state index is 0.117. The first kappa shape index (κ1) is 23.4. The summed E-state index contributed by atoms with van der Waals surface area (Å²) in [5.41, 5.74) is 0.156. The van der Waals surface area contributed by atoms with Crippen molar-refractivity contribution in [1.82, 2.24) is 9.78 Å². The first-order valence-electron chi connectivity index (χ1n) is 10.3. The van der Waals surface area contributed by atoms with Crippen LogP contribution in [0.15, 0.2) is 53.5 Å². The van der Waals surface area contributed by atoms with E-state index in [9.17, 15) is 23.2 Å². The average Bonchev–Trinajstić information content (AvgIpc) is 2.90. The number of para-hydroxylation sites is 2. The fraction of sp³-hybridized carbons (Fsp3) is 0.217. The number of benzene rings is 2. The summed E-state index contributed by atoms with van der Waals surface area (Å²) in [6, 6.07) is 9.28. The van der Waals surface area contributed by atoms with Gasteiger partial charge in [0.2, 0.25) is 11.8 Å². The lowest BCUT2D eigenvalue weighted by atomic mass is 10.1. The van der Waals surface area contributed by atoms with E-state index in [1.807, 2.05) is 0 Å². The Morgan fingerprint density at radius 1 is 1.21 bits per heavy atom. The molecule has 176 valence electrons. The number of nitrogens with zero attached hydrogens (tertiary/aromatic N) is 4. The van der Waals surface area contributed by atoms with Crippen LogP contribution >= 0.6 is 11.6 Å². The van der Waals surface area contributed by atoms with Gasteiger partial charge in [0.25, 0.3) is 5.56 Å². The maximum Gasteiger partial charge on any atom is 0.292 e. The molecule has 1 atom stereocenters. The first-order chi connectivity index (χ1) is 16.2. The van der Waals surface area contributed by atoms with Gasteiger partial charge in [-0.3, -0.25) is 14.4 Å². The molecule has 1 aromatic heterocycles. The van der Waals surface area contributed by atoms with Gasteiger partial charge >= 0.3 is 0 Å². The predicted octanol–water partition coefficient (Wildman–Crippen LogP) is 3.36. The van der Waals surface area contributed by atoms with E-state index in [2.05, 4.69) is 10.4 Å². The lowest BCUT2D eigenvalue weighted by molar-refractivity contribution is -0.118. The zero-order valence-corrected chi connectivity index (χ0v) is 19.0. The Labute approximate surface area is 198 Å². The normalized spacial score (nSPS) is 15.4. The van der Waals surface area contributed by atoms with Gasteiger partial charge in [0, 0.05) is 25.6 Å². The van der Waals surface area contributed by atoms with Crippen molar-refractivity contribution in [3.63, 3.8) is 0 Å². The maximum atomic E-state index is 14.1. The number of nitrogens with one attached hydrogen (secondary N) is 1. The number of likely N-dealkylation sites (N-methyl/N-ethyl adjacent to an activating group) is 1. The molecule has 0 saturated heterocycles. The van der Waals surface area contributed by atoms with Gasteiger partial charge in [-0.15, -0.1) is 0 Å². The summed E-state index contributed by atoms with van der Waals surface area (Å²) in [7, 11) is 1.56. The quantitative estimate of drug-likeness (QED) is 0.609. The maximum absolute atomic E-state index is 14.1. The molecule has 1 aliphatic heterocycles. The molecule has 11 heteroatoms. The largest absolute Gasteiger partial charge is 0.363 e. The second kappa shape index (κ2) is 9.22. The summed E-state index contributed by atoms with van der Waals surface area (Å²) >= 11 is 6.26. The molecule has 2 aromatic carbocycles. The second-order valence-electron chi connectivity index (χ2n) is 7.89. The van der Waals surface area contributed by atoms with Crippen LogP contribution in [0.2, 0.25) is 5.02 Å². The molecule has 8 nitrogen and oxygen atoms in total. The van der Waals surface area contributed by atoms with Gasteiger partial charge < -0.3 is 15.1 Å². The molecule has 1 aliphatic rings. The smallest absolute Gasteiger partial charge is 0.292 e. The van der Waals surface area contributed by atoms with Crippen LogP contribution in [-0.2, 0) is 9.59 Å². The van der Waals surface area contributed by atoms with E-state index < -0.39 is 23.2 Å². The van der Waals surface area contributed by atoms with Crippen molar-refractivity contribution in [2.75, 3.05) is 28.7 Å². The van der Waals surface area contributed by atoms with Crippen molar-refractivity contribution >= 4 is 40.5 Å². The molecule has 1 N–H and O–H groups in total. The molecule has 4 rings (SSSR count). The Bertz CT molecular complexity index is 1350. The van der Waals surface area contributed by atoms with Crippen LogP contribution < -0.4 is 20.7 Å². The Balaban J connectivity index is 1.62. The number of hydrogen-bond donors (Lipinski definition) is 1. The fourth-order valence-electron chi connectivity index (χ4n) is 3.85. The number of rotatable bonds is 4. The minimum Gasteiger partial charge on any atom is -0.363 e. The molecule has 1 unspecified atom stereocenters. The monoisotopic (exact) mass is 487 g/mol. The van der Waals surface area contributed by atoms with E-state index in [1.165, 1.54) is 16.0 Å². The zero-order chi connectivity index (χ0) is 24.6. The van der Waals surface area contributed by atoms with Gasteiger partial charge in [0.1, 0.15) is 16.5 Å². The summed E-state index contributed by atoms with van der Waals surface area (Å²) < 4.78 is 28.1. The van der Waals surface area contributed by atoms with E-state index in [0.717, 1.165) is 16.8 Å². The molecule has 3 aromatic rings. The Morgan fingerprint density at radius 2 is 1.94 bits per heavy atom. The molecule has 0 saturated carbocycles. The van der Waals surface area contributed by atoms with Gasteiger partial charge in [0.15, 0.2) is 5.82 Å². The summed E-state index contributed by atoms with van der Waals surface area (Å²) in [5.74, 6) is -2.30. The number of carbonyl (C=O) groups excluding carboxylic acids is 2.